The Morgan fingerprint density at radius 3 is 2.39 bits per heavy atom. The number of likely N-dealkylation sites (N-methyl/N-ethyl adjacent to an activating group) is 2. The zero-order valence-corrected chi connectivity index (χ0v) is 23.0. The summed E-state index contributed by atoms with van der Waals surface area (Å²) in [5.74, 6) is 0.748. The Morgan fingerprint density at radius 1 is 1.03 bits per heavy atom. The molecule has 186 valence electrons. The highest BCUT2D eigenvalue weighted by Crippen LogP contribution is 2.16. The molecular formula is C25H43IN6O. The first kappa shape index (κ1) is 27.9. The molecule has 0 saturated carbocycles. The molecule has 33 heavy (non-hydrogen) atoms. The predicted octanol–water partition coefficient (Wildman–Crippen LogP) is 2.90. The standard InChI is InChI=1S/C25H42N6O.HI/c1-4-31-16-8-9-23(31)18-27-25(28-19-24(32)29(2)3)26-17-21-10-12-22(13-11-21)20-30-14-6-5-7-15-30;/h10-13,23H,4-9,14-20H2,1-3H3,(H2,26,27,28);1H. The van der Waals surface area contributed by atoms with Crippen LogP contribution in [0.1, 0.15) is 50.2 Å². The number of halogens is 1. The van der Waals surface area contributed by atoms with Crippen molar-refractivity contribution in [3.05, 3.63) is 35.4 Å². The van der Waals surface area contributed by atoms with Gasteiger partial charge in [-0.15, -0.1) is 24.0 Å². The molecule has 1 aromatic carbocycles. The van der Waals surface area contributed by atoms with Crippen molar-refractivity contribution in [2.45, 2.75) is 58.2 Å². The number of amides is 1. The van der Waals surface area contributed by atoms with E-state index >= 15 is 0 Å². The van der Waals surface area contributed by atoms with E-state index in [2.05, 4.69) is 51.6 Å². The van der Waals surface area contributed by atoms with E-state index in [1.165, 1.54) is 62.9 Å². The Bertz CT molecular complexity index is 733. The number of piperidine rings is 1. The molecule has 0 spiro atoms. The van der Waals surface area contributed by atoms with E-state index in [1.807, 2.05) is 0 Å². The molecule has 1 unspecified atom stereocenters. The number of aliphatic imine (C=N–C) groups is 1. The number of hydrogen-bond acceptors (Lipinski definition) is 4. The van der Waals surface area contributed by atoms with Crippen LogP contribution in [0, 0.1) is 0 Å². The van der Waals surface area contributed by atoms with Gasteiger partial charge in [0.1, 0.15) is 0 Å². The van der Waals surface area contributed by atoms with Gasteiger partial charge in [0.05, 0.1) is 13.1 Å². The highest BCUT2D eigenvalue weighted by Gasteiger charge is 2.23. The minimum absolute atomic E-state index is 0. The number of likely N-dealkylation sites (tertiary alicyclic amines) is 2. The molecule has 3 rings (SSSR count). The highest BCUT2D eigenvalue weighted by molar-refractivity contribution is 14.0. The first-order valence-electron chi connectivity index (χ1n) is 12.3. The molecule has 1 aromatic rings. The van der Waals surface area contributed by atoms with Crippen LogP contribution in [-0.4, -0.2) is 86.0 Å². The summed E-state index contributed by atoms with van der Waals surface area (Å²) in [4.78, 5) is 23.5. The van der Waals surface area contributed by atoms with Gasteiger partial charge in [0, 0.05) is 33.2 Å². The average molecular weight is 571 g/mol. The summed E-state index contributed by atoms with van der Waals surface area (Å²) in [7, 11) is 3.55. The summed E-state index contributed by atoms with van der Waals surface area (Å²) in [5, 5.41) is 6.69. The third kappa shape index (κ3) is 9.41. The second-order valence-corrected chi connectivity index (χ2v) is 9.27. The van der Waals surface area contributed by atoms with Crippen molar-refractivity contribution in [2.24, 2.45) is 4.99 Å². The maximum absolute atomic E-state index is 12.0. The van der Waals surface area contributed by atoms with Gasteiger partial charge in [-0.05, 0) is 63.0 Å². The van der Waals surface area contributed by atoms with Gasteiger partial charge in [-0.25, -0.2) is 4.99 Å². The first-order chi connectivity index (χ1) is 15.5. The van der Waals surface area contributed by atoms with Gasteiger partial charge >= 0.3 is 0 Å². The lowest BCUT2D eigenvalue weighted by Gasteiger charge is -2.26. The summed E-state index contributed by atoms with van der Waals surface area (Å²) in [5.41, 5.74) is 2.55. The minimum Gasteiger partial charge on any atom is -0.355 e. The Kier molecular flexibility index (Phi) is 12.5. The summed E-state index contributed by atoms with van der Waals surface area (Å²) < 4.78 is 0. The lowest BCUT2D eigenvalue weighted by atomic mass is 10.1. The van der Waals surface area contributed by atoms with E-state index in [0.29, 0.717) is 18.5 Å². The molecule has 8 heteroatoms. The van der Waals surface area contributed by atoms with E-state index in [0.717, 1.165) is 19.6 Å². The summed E-state index contributed by atoms with van der Waals surface area (Å²) in [6, 6.07) is 9.36. The molecule has 2 N–H and O–H groups in total. The van der Waals surface area contributed by atoms with Crippen LogP contribution in [0.4, 0.5) is 0 Å². The molecule has 1 amide bonds. The molecule has 2 fully saturated rings. The molecule has 0 bridgehead atoms. The topological polar surface area (TPSA) is 63.2 Å². The zero-order valence-electron chi connectivity index (χ0n) is 20.7. The average Bonchev–Trinajstić information content (AvgIpc) is 3.27. The van der Waals surface area contributed by atoms with Gasteiger partial charge in [-0.3, -0.25) is 14.6 Å². The molecule has 7 nitrogen and oxygen atoms in total. The number of nitrogens with one attached hydrogen (secondary N) is 2. The van der Waals surface area contributed by atoms with Crippen molar-refractivity contribution in [1.82, 2.24) is 25.3 Å². The van der Waals surface area contributed by atoms with Crippen molar-refractivity contribution < 1.29 is 4.79 Å². The van der Waals surface area contributed by atoms with E-state index in [9.17, 15) is 4.79 Å². The number of carbonyl (C=O) groups is 1. The monoisotopic (exact) mass is 570 g/mol. The Labute approximate surface area is 217 Å². The fraction of sp³-hybridized carbons (Fsp3) is 0.680. The number of benzene rings is 1. The van der Waals surface area contributed by atoms with Crippen LogP contribution in [0.5, 0.6) is 0 Å². The smallest absolute Gasteiger partial charge is 0.241 e. The van der Waals surface area contributed by atoms with Gasteiger partial charge in [0.15, 0.2) is 5.96 Å². The predicted molar refractivity (Wildman–Crippen MR) is 147 cm³/mol. The van der Waals surface area contributed by atoms with Crippen LogP contribution in [0.25, 0.3) is 0 Å². The SMILES string of the molecule is CCN1CCCC1CNC(=NCc1ccc(CN2CCCCC2)cc1)NCC(=O)N(C)C.I. The van der Waals surface area contributed by atoms with Crippen molar-refractivity contribution in [2.75, 3.05) is 53.4 Å². The molecule has 2 aliphatic rings. The van der Waals surface area contributed by atoms with Crippen LogP contribution in [0.3, 0.4) is 0 Å². The lowest BCUT2D eigenvalue weighted by Crippen LogP contribution is -2.47. The minimum atomic E-state index is 0. The first-order valence-corrected chi connectivity index (χ1v) is 12.3. The summed E-state index contributed by atoms with van der Waals surface area (Å²) in [6.45, 7) is 9.64. The van der Waals surface area contributed by atoms with E-state index < -0.39 is 0 Å². The quantitative estimate of drug-likeness (QED) is 0.272. The van der Waals surface area contributed by atoms with Crippen molar-refractivity contribution in [1.29, 1.82) is 0 Å². The number of hydrogen-bond donors (Lipinski definition) is 2. The van der Waals surface area contributed by atoms with Crippen LogP contribution in [0.2, 0.25) is 0 Å². The highest BCUT2D eigenvalue weighted by atomic mass is 127. The number of nitrogens with zero attached hydrogens (tertiary/aromatic N) is 4. The van der Waals surface area contributed by atoms with Crippen LogP contribution in [0.15, 0.2) is 29.3 Å². The zero-order chi connectivity index (χ0) is 22.8. The normalized spacial score (nSPS) is 19.7. The molecule has 1 atom stereocenters. The van der Waals surface area contributed by atoms with Crippen LogP contribution < -0.4 is 10.6 Å². The Morgan fingerprint density at radius 2 is 1.73 bits per heavy atom. The van der Waals surface area contributed by atoms with Crippen molar-refractivity contribution in [3.8, 4) is 0 Å². The van der Waals surface area contributed by atoms with Gasteiger partial charge < -0.3 is 15.5 Å². The number of rotatable bonds is 9. The van der Waals surface area contributed by atoms with Crippen LogP contribution in [-0.2, 0) is 17.9 Å². The fourth-order valence-electron chi connectivity index (χ4n) is 4.55. The van der Waals surface area contributed by atoms with E-state index in [-0.39, 0.29) is 36.4 Å². The maximum atomic E-state index is 12.0. The van der Waals surface area contributed by atoms with Gasteiger partial charge in [0.25, 0.3) is 0 Å². The maximum Gasteiger partial charge on any atom is 0.241 e. The number of guanidine groups is 1. The van der Waals surface area contributed by atoms with Crippen molar-refractivity contribution >= 4 is 35.8 Å². The van der Waals surface area contributed by atoms with E-state index in [1.54, 1.807) is 19.0 Å². The fourth-order valence-corrected chi connectivity index (χ4v) is 4.55. The molecule has 2 saturated heterocycles. The lowest BCUT2D eigenvalue weighted by molar-refractivity contribution is -0.127. The second kappa shape index (κ2) is 14.8. The molecule has 0 aliphatic carbocycles. The largest absolute Gasteiger partial charge is 0.355 e. The molecular weight excluding hydrogens is 527 g/mol. The summed E-state index contributed by atoms with van der Waals surface area (Å²) in [6.07, 6.45) is 6.48. The van der Waals surface area contributed by atoms with Gasteiger partial charge in [-0.1, -0.05) is 37.6 Å². The van der Waals surface area contributed by atoms with Gasteiger partial charge in [0.2, 0.25) is 5.91 Å². The Balaban J connectivity index is 0.00000385. The molecule has 2 aliphatic heterocycles. The van der Waals surface area contributed by atoms with Crippen LogP contribution >= 0.6 is 24.0 Å². The van der Waals surface area contributed by atoms with Gasteiger partial charge in [-0.2, -0.15) is 0 Å². The number of carbonyl (C=O) groups excluding carboxylic acids is 1. The molecule has 0 aromatic heterocycles. The Hall–Kier alpha value is -1.39. The summed E-state index contributed by atoms with van der Waals surface area (Å²) >= 11 is 0. The third-order valence-electron chi connectivity index (χ3n) is 6.61. The third-order valence-corrected chi connectivity index (χ3v) is 6.61. The molecule has 0 radical (unpaired) electrons. The second-order valence-electron chi connectivity index (χ2n) is 9.27. The van der Waals surface area contributed by atoms with E-state index in [4.69, 9.17) is 4.99 Å². The van der Waals surface area contributed by atoms with Crippen molar-refractivity contribution in [3.63, 3.8) is 0 Å². The molecule has 2 heterocycles.